The highest BCUT2D eigenvalue weighted by Crippen LogP contribution is 2.37. The average molecular weight is 518 g/mol. The number of hydrogen-bond donors (Lipinski definition) is 2. The number of nitrogens with zero attached hydrogens (tertiary/aromatic N) is 5. The number of rotatable bonds is 6. The number of carbonyl (C=O) groups excluding carboxylic acids is 1. The Morgan fingerprint density at radius 1 is 0.974 bits per heavy atom. The van der Waals surface area contributed by atoms with Crippen molar-refractivity contribution in [2.75, 3.05) is 30.4 Å². The van der Waals surface area contributed by atoms with Crippen molar-refractivity contribution in [1.82, 2.24) is 25.1 Å². The quantitative estimate of drug-likeness (QED) is 0.503. The number of morpholine rings is 1. The smallest absolute Gasteiger partial charge is 0.319 e. The molecule has 2 unspecified atom stereocenters. The Morgan fingerprint density at radius 2 is 1.71 bits per heavy atom. The van der Waals surface area contributed by atoms with Gasteiger partial charge in [0.25, 0.3) is 0 Å². The number of ether oxygens (including phenoxy) is 2. The predicted octanol–water partition coefficient (Wildman–Crippen LogP) is 4.27. The first kappa shape index (κ1) is 23.8. The lowest BCUT2D eigenvalue weighted by Crippen LogP contribution is -2.43. The van der Waals surface area contributed by atoms with E-state index in [-0.39, 0.29) is 18.2 Å². The third-order valence-electron chi connectivity index (χ3n) is 8.41. The van der Waals surface area contributed by atoms with Crippen molar-refractivity contribution < 1.29 is 14.3 Å². The highest BCUT2D eigenvalue weighted by atomic mass is 16.5. The lowest BCUT2D eigenvalue weighted by Gasteiger charge is -2.33. The van der Waals surface area contributed by atoms with E-state index in [1.807, 2.05) is 30.5 Å². The Bertz CT molecular complexity index is 1300. The number of carbonyl (C=O) groups is 1. The summed E-state index contributed by atoms with van der Waals surface area (Å²) in [5.74, 6) is 1.61. The van der Waals surface area contributed by atoms with E-state index in [0.717, 1.165) is 92.6 Å². The Kier molecular flexibility index (Phi) is 6.16. The van der Waals surface area contributed by atoms with Crippen LogP contribution in [0.15, 0.2) is 30.5 Å². The van der Waals surface area contributed by atoms with E-state index in [4.69, 9.17) is 24.5 Å². The molecule has 1 aromatic carbocycles. The third kappa shape index (κ3) is 4.71. The summed E-state index contributed by atoms with van der Waals surface area (Å²) in [7, 11) is 1.80. The van der Waals surface area contributed by atoms with Crippen LogP contribution in [0, 0.1) is 0 Å². The Morgan fingerprint density at radius 3 is 2.39 bits per heavy atom. The van der Waals surface area contributed by atoms with Crippen molar-refractivity contribution >= 4 is 28.6 Å². The minimum absolute atomic E-state index is 0.158. The van der Waals surface area contributed by atoms with Crippen LogP contribution in [-0.2, 0) is 9.47 Å². The molecule has 38 heavy (non-hydrogen) atoms. The minimum atomic E-state index is -0.158. The number of aromatic nitrogens is 4. The molecule has 2 saturated carbocycles. The van der Waals surface area contributed by atoms with Gasteiger partial charge >= 0.3 is 6.03 Å². The van der Waals surface area contributed by atoms with Crippen LogP contribution in [0.1, 0.15) is 57.4 Å². The summed E-state index contributed by atoms with van der Waals surface area (Å²) in [6.45, 7) is 1.68. The van der Waals surface area contributed by atoms with Gasteiger partial charge < -0.3 is 25.0 Å². The molecule has 4 heterocycles. The number of anilines is 2. The normalized spacial score (nSPS) is 27.0. The summed E-state index contributed by atoms with van der Waals surface area (Å²) in [6, 6.07) is 8.23. The molecule has 3 aromatic rings. The lowest BCUT2D eigenvalue weighted by molar-refractivity contribution is 0.0303. The molecule has 2 saturated heterocycles. The fourth-order valence-corrected chi connectivity index (χ4v) is 6.14. The number of nitrogens with one attached hydrogen (secondary N) is 2. The SMILES string of the molecule is COC1CCC(n2ncc3c(N4CC5CCC(C4)O5)nc(-c4ccc(NC(=O)NC5CC5)cc4)nc32)CC1. The standard InChI is InChI=1S/C28H35N7O3/c1-37-21-10-8-20(9-11-21)35-27-24(14-29-35)26(34-15-22-12-13-23(16-34)38-22)32-25(33-27)17-2-4-18(5-3-17)30-28(36)31-19-6-7-19/h2-5,14,19-23H,6-13,15-16H2,1H3,(H2,30,31,36). The highest BCUT2D eigenvalue weighted by Gasteiger charge is 2.36. The van der Waals surface area contributed by atoms with Crippen LogP contribution in [0.25, 0.3) is 22.4 Å². The summed E-state index contributed by atoms with van der Waals surface area (Å²) in [4.78, 5) is 24.7. The molecule has 0 radical (unpaired) electrons. The highest BCUT2D eigenvalue weighted by molar-refractivity contribution is 5.91. The topological polar surface area (TPSA) is 106 Å². The van der Waals surface area contributed by atoms with E-state index in [1.54, 1.807) is 7.11 Å². The second-order valence-electron chi connectivity index (χ2n) is 11.2. The molecule has 0 spiro atoms. The van der Waals surface area contributed by atoms with E-state index >= 15 is 0 Å². The van der Waals surface area contributed by atoms with Gasteiger partial charge in [0.2, 0.25) is 0 Å². The molecule has 4 aliphatic rings. The van der Waals surface area contributed by atoms with Crippen molar-refractivity contribution in [3.8, 4) is 11.4 Å². The van der Waals surface area contributed by atoms with Crippen molar-refractivity contribution in [2.24, 2.45) is 0 Å². The number of fused-ring (bicyclic) bond motifs is 3. The van der Waals surface area contributed by atoms with Crippen LogP contribution in [0.2, 0.25) is 0 Å². The monoisotopic (exact) mass is 517 g/mol. The second kappa shape index (κ2) is 9.81. The predicted molar refractivity (Wildman–Crippen MR) is 144 cm³/mol. The van der Waals surface area contributed by atoms with Crippen LogP contribution in [0.4, 0.5) is 16.3 Å². The van der Waals surface area contributed by atoms with Gasteiger partial charge in [-0.15, -0.1) is 0 Å². The van der Waals surface area contributed by atoms with Crippen molar-refractivity contribution in [3.63, 3.8) is 0 Å². The Balaban J connectivity index is 1.22. The number of benzene rings is 1. The van der Waals surface area contributed by atoms with Crippen LogP contribution in [0.5, 0.6) is 0 Å². The first-order chi connectivity index (χ1) is 18.6. The maximum atomic E-state index is 12.2. The van der Waals surface area contributed by atoms with Crippen molar-refractivity contribution in [2.45, 2.75) is 81.8 Å². The van der Waals surface area contributed by atoms with E-state index in [2.05, 4.69) is 20.2 Å². The van der Waals surface area contributed by atoms with Gasteiger partial charge in [-0.05, 0) is 75.6 Å². The number of urea groups is 1. The second-order valence-corrected chi connectivity index (χ2v) is 11.2. The van der Waals surface area contributed by atoms with Crippen LogP contribution < -0.4 is 15.5 Å². The van der Waals surface area contributed by atoms with Crippen LogP contribution >= 0.6 is 0 Å². The minimum Gasteiger partial charge on any atom is -0.381 e. The van der Waals surface area contributed by atoms with Gasteiger partial charge in [0.15, 0.2) is 11.5 Å². The largest absolute Gasteiger partial charge is 0.381 e. The molecule has 2 aliphatic carbocycles. The number of hydrogen-bond acceptors (Lipinski definition) is 7. The molecule has 2 aliphatic heterocycles. The van der Waals surface area contributed by atoms with Crippen molar-refractivity contribution in [3.05, 3.63) is 30.5 Å². The zero-order chi connectivity index (χ0) is 25.6. The van der Waals surface area contributed by atoms with Gasteiger partial charge in [-0.1, -0.05) is 0 Å². The molecule has 2 amide bonds. The fourth-order valence-electron chi connectivity index (χ4n) is 6.14. The van der Waals surface area contributed by atoms with Crippen LogP contribution in [-0.4, -0.2) is 70.3 Å². The van der Waals surface area contributed by atoms with Gasteiger partial charge in [0.05, 0.1) is 35.9 Å². The average Bonchev–Trinajstić information content (AvgIpc) is 3.55. The Hall–Kier alpha value is -3.24. The molecule has 200 valence electrons. The molecule has 10 heteroatoms. The zero-order valence-corrected chi connectivity index (χ0v) is 21.8. The maximum absolute atomic E-state index is 12.2. The Labute approximate surface area is 222 Å². The third-order valence-corrected chi connectivity index (χ3v) is 8.41. The number of amides is 2. The first-order valence-electron chi connectivity index (χ1n) is 14.0. The van der Waals surface area contributed by atoms with Gasteiger partial charge in [0, 0.05) is 37.5 Å². The maximum Gasteiger partial charge on any atom is 0.319 e. The van der Waals surface area contributed by atoms with Gasteiger partial charge in [-0.2, -0.15) is 5.10 Å². The van der Waals surface area contributed by atoms with Crippen LogP contribution in [0.3, 0.4) is 0 Å². The zero-order valence-electron chi connectivity index (χ0n) is 21.8. The molecule has 2 atom stereocenters. The summed E-state index contributed by atoms with van der Waals surface area (Å²) in [6.07, 6.45) is 11.2. The summed E-state index contributed by atoms with van der Waals surface area (Å²) < 4.78 is 13.8. The molecule has 2 aromatic heterocycles. The fraction of sp³-hybridized carbons (Fsp3) is 0.571. The molecule has 2 bridgehead atoms. The summed E-state index contributed by atoms with van der Waals surface area (Å²) in [5.41, 5.74) is 2.54. The molecule has 2 N–H and O–H groups in total. The molecule has 7 rings (SSSR count). The number of methoxy groups -OCH3 is 1. The van der Waals surface area contributed by atoms with E-state index in [0.29, 0.717) is 24.0 Å². The van der Waals surface area contributed by atoms with Gasteiger partial charge in [-0.3, -0.25) is 0 Å². The molecule has 4 fully saturated rings. The van der Waals surface area contributed by atoms with Gasteiger partial charge in [-0.25, -0.2) is 19.4 Å². The van der Waals surface area contributed by atoms with Crippen molar-refractivity contribution in [1.29, 1.82) is 0 Å². The summed E-state index contributed by atoms with van der Waals surface area (Å²) in [5, 5.41) is 11.7. The van der Waals surface area contributed by atoms with E-state index in [9.17, 15) is 4.79 Å². The van der Waals surface area contributed by atoms with Gasteiger partial charge in [0.1, 0.15) is 5.82 Å². The van der Waals surface area contributed by atoms with E-state index in [1.165, 1.54) is 0 Å². The lowest BCUT2D eigenvalue weighted by atomic mass is 9.93. The molecular formula is C28H35N7O3. The first-order valence-corrected chi connectivity index (χ1v) is 14.0. The summed E-state index contributed by atoms with van der Waals surface area (Å²) >= 11 is 0. The molecule has 10 nitrogen and oxygen atoms in total. The molecular weight excluding hydrogens is 482 g/mol. The van der Waals surface area contributed by atoms with E-state index < -0.39 is 0 Å².